The van der Waals surface area contributed by atoms with E-state index in [0.29, 0.717) is 22.6 Å². The summed E-state index contributed by atoms with van der Waals surface area (Å²) >= 11 is 0. The van der Waals surface area contributed by atoms with E-state index in [1.807, 2.05) is 6.07 Å². The SMILES string of the molecule is COC(=O)c1ccc2c(CN3C(=O)[C@@H](N)COc4c(C(=O)OC)cccc43)c(OC)ccc2c1. The largest absolute Gasteiger partial charge is 0.496 e. The van der Waals surface area contributed by atoms with Crippen molar-refractivity contribution in [2.24, 2.45) is 5.73 Å². The van der Waals surface area contributed by atoms with Crippen LogP contribution >= 0.6 is 0 Å². The number of nitrogens with two attached hydrogens (primary N) is 1. The Balaban J connectivity index is 1.87. The lowest BCUT2D eigenvalue weighted by molar-refractivity contribution is -0.120. The minimum absolute atomic E-state index is 0.0889. The summed E-state index contributed by atoms with van der Waals surface area (Å²) in [5.74, 6) is -0.628. The first-order valence-corrected chi connectivity index (χ1v) is 10.5. The van der Waals surface area contributed by atoms with Gasteiger partial charge in [-0.25, -0.2) is 9.59 Å². The van der Waals surface area contributed by atoms with Gasteiger partial charge in [0.05, 0.1) is 39.1 Å². The Morgan fingerprint density at radius 1 is 1.06 bits per heavy atom. The fourth-order valence-corrected chi connectivity index (χ4v) is 4.02. The number of nitrogens with zero attached hydrogens (tertiary/aromatic N) is 1. The van der Waals surface area contributed by atoms with E-state index in [1.165, 1.54) is 26.2 Å². The second kappa shape index (κ2) is 9.40. The highest BCUT2D eigenvalue weighted by Crippen LogP contribution is 2.38. The molecule has 0 fully saturated rings. The lowest BCUT2D eigenvalue weighted by Crippen LogP contribution is -2.45. The maximum Gasteiger partial charge on any atom is 0.341 e. The zero-order valence-electron chi connectivity index (χ0n) is 19.0. The normalized spacial score (nSPS) is 15.2. The molecule has 34 heavy (non-hydrogen) atoms. The highest BCUT2D eigenvalue weighted by Gasteiger charge is 2.33. The molecule has 3 aromatic rings. The molecule has 176 valence electrons. The van der Waals surface area contributed by atoms with E-state index in [9.17, 15) is 14.4 Å². The molecule has 0 radical (unpaired) electrons. The molecule has 0 unspecified atom stereocenters. The smallest absolute Gasteiger partial charge is 0.341 e. The maximum absolute atomic E-state index is 13.3. The fourth-order valence-electron chi connectivity index (χ4n) is 4.02. The number of hydrogen-bond donors (Lipinski definition) is 1. The molecule has 0 aromatic heterocycles. The summed E-state index contributed by atoms with van der Waals surface area (Å²) in [5.41, 5.74) is 7.79. The van der Waals surface area contributed by atoms with Crippen molar-refractivity contribution in [2.75, 3.05) is 32.8 Å². The van der Waals surface area contributed by atoms with Gasteiger partial charge >= 0.3 is 11.9 Å². The number of esters is 2. The van der Waals surface area contributed by atoms with Gasteiger partial charge in [-0.1, -0.05) is 18.2 Å². The fraction of sp³-hybridized carbons (Fsp3) is 0.240. The molecule has 0 bridgehead atoms. The van der Waals surface area contributed by atoms with Crippen molar-refractivity contribution in [1.29, 1.82) is 0 Å². The van der Waals surface area contributed by atoms with Crippen LogP contribution in [0.4, 0.5) is 5.69 Å². The molecule has 2 N–H and O–H groups in total. The van der Waals surface area contributed by atoms with Gasteiger partial charge in [-0.15, -0.1) is 0 Å². The molecule has 4 rings (SSSR count). The van der Waals surface area contributed by atoms with Gasteiger partial charge in [0.1, 0.15) is 24.0 Å². The van der Waals surface area contributed by atoms with Crippen LogP contribution in [0.25, 0.3) is 10.8 Å². The number of amides is 1. The van der Waals surface area contributed by atoms with Crippen LogP contribution in [0.3, 0.4) is 0 Å². The van der Waals surface area contributed by atoms with E-state index in [-0.39, 0.29) is 30.4 Å². The molecular formula is C25H24N2O7. The zero-order chi connectivity index (χ0) is 24.4. The van der Waals surface area contributed by atoms with Crippen LogP contribution in [0.2, 0.25) is 0 Å². The summed E-state index contributed by atoms with van der Waals surface area (Å²) in [6, 6.07) is 12.7. The summed E-state index contributed by atoms with van der Waals surface area (Å²) in [6.45, 7) is -0.00287. The highest BCUT2D eigenvalue weighted by molar-refractivity contribution is 6.03. The summed E-state index contributed by atoms with van der Waals surface area (Å²) in [4.78, 5) is 39.1. The van der Waals surface area contributed by atoms with Crippen molar-refractivity contribution < 1.29 is 33.3 Å². The van der Waals surface area contributed by atoms with Crippen LogP contribution in [-0.2, 0) is 20.8 Å². The first kappa shape index (κ1) is 23.1. The summed E-state index contributed by atoms with van der Waals surface area (Å²) in [5, 5.41) is 1.55. The Kier molecular flexibility index (Phi) is 6.38. The van der Waals surface area contributed by atoms with Gasteiger partial charge < -0.3 is 29.6 Å². The van der Waals surface area contributed by atoms with Gasteiger partial charge in [0.2, 0.25) is 5.91 Å². The third kappa shape index (κ3) is 4.01. The number of benzene rings is 3. The molecule has 0 spiro atoms. The van der Waals surface area contributed by atoms with Gasteiger partial charge in [0, 0.05) is 5.56 Å². The number of anilines is 1. The summed E-state index contributed by atoms with van der Waals surface area (Å²) < 4.78 is 21.1. The molecule has 3 aromatic carbocycles. The van der Waals surface area contributed by atoms with E-state index in [2.05, 4.69) is 0 Å². The molecule has 0 saturated heterocycles. The molecule has 1 heterocycles. The van der Waals surface area contributed by atoms with Gasteiger partial charge in [-0.3, -0.25) is 4.79 Å². The Morgan fingerprint density at radius 2 is 1.82 bits per heavy atom. The minimum atomic E-state index is -0.940. The van der Waals surface area contributed by atoms with Crippen LogP contribution in [0.1, 0.15) is 26.3 Å². The van der Waals surface area contributed by atoms with E-state index in [4.69, 9.17) is 24.7 Å². The number of hydrogen-bond acceptors (Lipinski definition) is 8. The van der Waals surface area contributed by atoms with E-state index < -0.39 is 18.0 Å². The molecule has 1 aliphatic heterocycles. The second-order valence-electron chi connectivity index (χ2n) is 7.66. The highest BCUT2D eigenvalue weighted by atomic mass is 16.5. The molecular weight excluding hydrogens is 440 g/mol. The summed E-state index contributed by atoms with van der Waals surface area (Å²) in [6.07, 6.45) is 0. The topological polar surface area (TPSA) is 117 Å². The first-order chi connectivity index (χ1) is 16.4. The van der Waals surface area contributed by atoms with E-state index in [0.717, 1.165) is 10.8 Å². The van der Waals surface area contributed by atoms with Crippen molar-refractivity contribution in [3.8, 4) is 11.5 Å². The monoisotopic (exact) mass is 464 g/mol. The third-order valence-electron chi connectivity index (χ3n) is 5.73. The lowest BCUT2D eigenvalue weighted by atomic mass is 10.00. The Labute approximate surface area is 195 Å². The summed E-state index contributed by atoms with van der Waals surface area (Å²) in [7, 11) is 4.13. The number of carbonyl (C=O) groups is 3. The van der Waals surface area contributed by atoms with Crippen molar-refractivity contribution >= 4 is 34.3 Å². The number of methoxy groups -OCH3 is 3. The van der Waals surface area contributed by atoms with Crippen LogP contribution in [-0.4, -0.2) is 51.8 Å². The molecule has 9 nitrogen and oxygen atoms in total. The average Bonchev–Trinajstić information content (AvgIpc) is 2.99. The lowest BCUT2D eigenvalue weighted by Gasteiger charge is -2.25. The standard InChI is InChI=1S/C25H24N2O7/c1-31-21-10-8-14-11-15(24(29)32-2)7-9-16(14)18(21)12-27-20-6-4-5-17(25(30)33-3)22(20)34-13-19(26)23(27)28/h4-11,19H,12-13,26H2,1-3H3/t19-/m0/s1. The van der Waals surface area contributed by atoms with E-state index in [1.54, 1.807) is 42.5 Å². The molecule has 0 aliphatic carbocycles. The molecule has 1 amide bonds. The third-order valence-corrected chi connectivity index (χ3v) is 5.73. The Morgan fingerprint density at radius 3 is 2.53 bits per heavy atom. The number of rotatable bonds is 5. The zero-order valence-corrected chi connectivity index (χ0v) is 19.0. The molecule has 1 aliphatic rings. The predicted octanol–water partition coefficient (Wildman–Crippen LogP) is 2.67. The van der Waals surface area contributed by atoms with Crippen molar-refractivity contribution in [3.63, 3.8) is 0 Å². The van der Waals surface area contributed by atoms with Crippen LogP contribution in [0, 0.1) is 0 Å². The number of carbonyl (C=O) groups excluding carboxylic acids is 3. The van der Waals surface area contributed by atoms with Crippen LogP contribution in [0.5, 0.6) is 11.5 Å². The van der Waals surface area contributed by atoms with E-state index >= 15 is 0 Å². The van der Waals surface area contributed by atoms with Crippen molar-refractivity contribution in [1.82, 2.24) is 0 Å². The Bertz CT molecular complexity index is 1290. The van der Waals surface area contributed by atoms with Crippen LogP contribution < -0.4 is 20.1 Å². The van der Waals surface area contributed by atoms with Gasteiger partial charge in [-0.05, 0) is 41.1 Å². The molecule has 9 heteroatoms. The Hall–Kier alpha value is -4.11. The quantitative estimate of drug-likeness (QED) is 0.573. The van der Waals surface area contributed by atoms with Crippen LogP contribution in [0.15, 0.2) is 48.5 Å². The second-order valence-corrected chi connectivity index (χ2v) is 7.66. The maximum atomic E-state index is 13.3. The predicted molar refractivity (Wildman–Crippen MR) is 124 cm³/mol. The molecule has 0 saturated carbocycles. The first-order valence-electron chi connectivity index (χ1n) is 10.5. The number of ether oxygens (including phenoxy) is 4. The molecule has 1 atom stereocenters. The minimum Gasteiger partial charge on any atom is -0.496 e. The van der Waals surface area contributed by atoms with Gasteiger partial charge in [-0.2, -0.15) is 0 Å². The van der Waals surface area contributed by atoms with Gasteiger partial charge in [0.15, 0.2) is 5.75 Å². The average molecular weight is 464 g/mol. The number of fused-ring (bicyclic) bond motifs is 2. The van der Waals surface area contributed by atoms with Crippen molar-refractivity contribution in [3.05, 3.63) is 65.2 Å². The van der Waals surface area contributed by atoms with Crippen molar-refractivity contribution in [2.45, 2.75) is 12.6 Å². The number of para-hydroxylation sites is 1. The van der Waals surface area contributed by atoms with Gasteiger partial charge in [0.25, 0.3) is 0 Å².